The van der Waals surface area contributed by atoms with E-state index in [9.17, 15) is 9.90 Å². The number of thioether (sulfide) groups is 1. The minimum atomic E-state index is -0.814. The number of phenols is 1. The zero-order valence-corrected chi connectivity index (χ0v) is 10.6. The molecule has 5 heteroatoms. The smallest absolute Gasteiger partial charge is 0.307 e. The number of phenolic OH excluding ortho intramolecular Hbond substituents is 1. The number of carboxylic acid groups (broad SMARTS) is 1. The number of hydrogen-bond acceptors (Lipinski definition) is 4. The summed E-state index contributed by atoms with van der Waals surface area (Å²) in [6, 6.07) is 6.95. The van der Waals surface area contributed by atoms with Crippen LogP contribution in [0.1, 0.15) is 6.92 Å². The number of pyridine rings is 1. The van der Waals surface area contributed by atoms with E-state index in [0.717, 1.165) is 15.8 Å². The fourth-order valence-corrected chi connectivity index (χ4v) is 2.54. The Morgan fingerprint density at radius 3 is 2.94 bits per heavy atom. The van der Waals surface area contributed by atoms with Gasteiger partial charge in [-0.1, -0.05) is 13.0 Å². The Hall–Kier alpha value is -1.75. The lowest BCUT2D eigenvalue weighted by Crippen LogP contribution is -2.11. The van der Waals surface area contributed by atoms with Gasteiger partial charge in [0, 0.05) is 17.3 Å². The Balaban J connectivity index is 2.27. The zero-order valence-electron chi connectivity index (χ0n) is 9.83. The lowest BCUT2D eigenvalue weighted by atomic mass is 10.2. The van der Waals surface area contributed by atoms with Gasteiger partial charge in [0.05, 0.1) is 5.92 Å². The Morgan fingerprint density at radius 1 is 1.44 bits per heavy atom. The van der Waals surface area contributed by atoms with Gasteiger partial charge in [-0.2, -0.15) is 0 Å². The largest absolute Gasteiger partial charge is 0.508 e. The van der Waals surface area contributed by atoms with Crippen LogP contribution in [-0.4, -0.2) is 26.9 Å². The first-order chi connectivity index (χ1) is 8.58. The highest BCUT2D eigenvalue weighted by molar-refractivity contribution is 7.99. The Morgan fingerprint density at radius 2 is 2.22 bits per heavy atom. The first-order valence-electron chi connectivity index (χ1n) is 5.51. The molecule has 1 aromatic heterocycles. The highest BCUT2D eigenvalue weighted by Gasteiger charge is 2.12. The van der Waals surface area contributed by atoms with E-state index < -0.39 is 11.9 Å². The molecule has 0 saturated carbocycles. The van der Waals surface area contributed by atoms with Gasteiger partial charge in [0.1, 0.15) is 10.8 Å². The van der Waals surface area contributed by atoms with Crippen molar-refractivity contribution in [2.75, 3.05) is 5.75 Å². The monoisotopic (exact) mass is 263 g/mol. The molecule has 2 aromatic rings. The minimum absolute atomic E-state index is 0.184. The second-order valence-electron chi connectivity index (χ2n) is 4.07. The number of fused-ring (bicyclic) bond motifs is 1. The molecule has 0 saturated heterocycles. The van der Waals surface area contributed by atoms with Crippen molar-refractivity contribution < 1.29 is 15.0 Å². The predicted molar refractivity (Wildman–Crippen MR) is 70.9 cm³/mol. The molecule has 0 radical (unpaired) electrons. The molecule has 0 aliphatic carbocycles. The summed E-state index contributed by atoms with van der Waals surface area (Å²) >= 11 is 1.39. The fourth-order valence-electron chi connectivity index (χ4n) is 1.52. The Bertz CT molecular complexity index is 585. The summed E-state index contributed by atoms with van der Waals surface area (Å²) in [5.41, 5.74) is 0. The SMILES string of the molecule is CC(CSc1nccc2ccc(O)cc12)C(=O)O. The van der Waals surface area contributed by atoms with Crippen LogP contribution in [0.25, 0.3) is 10.8 Å². The zero-order chi connectivity index (χ0) is 13.1. The molecule has 1 unspecified atom stereocenters. The summed E-state index contributed by atoms with van der Waals surface area (Å²) in [6.07, 6.45) is 1.69. The van der Waals surface area contributed by atoms with Crippen molar-refractivity contribution in [3.05, 3.63) is 30.5 Å². The second-order valence-corrected chi connectivity index (χ2v) is 5.08. The minimum Gasteiger partial charge on any atom is -0.508 e. The third-order valence-corrected chi connectivity index (χ3v) is 3.87. The first-order valence-corrected chi connectivity index (χ1v) is 6.50. The normalized spacial score (nSPS) is 12.5. The van der Waals surface area contributed by atoms with Gasteiger partial charge in [-0.3, -0.25) is 4.79 Å². The maximum Gasteiger partial charge on any atom is 0.307 e. The van der Waals surface area contributed by atoms with Gasteiger partial charge in [0.2, 0.25) is 0 Å². The van der Waals surface area contributed by atoms with Crippen LogP contribution >= 0.6 is 11.8 Å². The van der Waals surface area contributed by atoms with Gasteiger partial charge in [-0.05, 0) is 23.6 Å². The molecule has 18 heavy (non-hydrogen) atoms. The van der Waals surface area contributed by atoms with Gasteiger partial charge < -0.3 is 10.2 Å². The van der Waals surface area contributed by atoms with Crippen LogP contribution in [0.2, 0.25) is 0 Å². The van der Waals surface area contributed by atoms with Gasteiger partial charge in [-0.25, -0.2) is 4.98 Å². The average molecular weight is 263 g/mol. The lowest BCUT2D eigenvalue weighted by Gasteiger charge is -2.08. The molecule has 0 amide bonds. The van der Waals surface area contributed by atoms with Crippen LogP contribution in [-0.2, 0) is 4.79 Å². The third kappa shape index (κ3) is 2.73. The number of carbonyl (C=O) groups is 1. The fraction of sp³-hybridized carbons (Fsp3) is 0.231. The number of aliphatic carboxylic acids is 1. The van der Waals surface area contributed by atoms with Crippen LogP contribution in [0.3, 0.4) is 0 Å². The van der Waals surface area contributed by atoms with Crippen molar-refractivity contribution in [2.45, 2.75) is 11.9 Å². The highest BCUT2D eigenvalue weighted by Crippen LogP contribution is 2.29. The van der Waals surface area contributed by atoms with Crippen LogP contribution in [0.5, 0.6) is 5.75 Å². The van der Waals surface area contributed by atoms with Crippen molar-refractivity contribution >= 4 is 28.5 Å². The summed E-state index contributed by atoms with van der Waals surface area (Å²) < 4.78 is 0. The summed E-state index contributed by atoms with van der Waals surface area (Å²) in [4.78, 5) is 15.0. The number of aromatic nitrogens is 1. The third-order valence-electron chi connectivity index (χ3n) is 2.60. The van der Waals surface area contributed by atoms with Crippen molar-refractivity contribution in [3.63, 3.8) is 0 Å². The van der Waals surface area contributed by atoms with E-state index in [1.165, 1.54) is 11.8 Å². The molecule has 0 aliphatic rings. The molecule has 2 rings (SSSR count). The van der Waals surface area contributed by atoms with Crippen molar-refractivity contribution in [1.29, 1.82) is 0 Å². The number of carboxylic acids is 1. The van der Waals surface area contributed by atoms with Crippen molar-refractivity contribution in [1.82, 2.24) is 4.98 Å². The van der Waals surface area contributed by atoms with E-state index >= 15 is 0 Å². The van der Waals surface area contributed by atoms with E-state index in [4.69, 9.17) is 5.11 Å². The predicted octanol–water partition coefficient (Wildman–Crippen LogP) is 2.75. The van der Waals surface area contributed by atoms with E-state index in [-0.39, 0.29) is 5.75 Å². The maximum absolute atomic E-state index is 10.8. The molecule has 94 valence electrons. The van der Waals surface area contributed by atoms with E-state index in [1.807, 2.05) is 12.1 Å². The number of aromatic hydroxyl groups is 1. The molecule has 4 nitrogen and oxygen atoms in total. The summed E-state index contributed by atoms with van der Waals surface area (Å²) in [5.74, 6) is -0.601. The molecule has 0 spiro atoms. The first kappa shape index (κ1) is 12.7. The summed E-state index contributed by atoms with van der Waals surface area (Å²) in [7, 11) is 0. The van der Waals surface area contributed by atoms with E-state index in [2.05, 4.69) is 4.98 Å². The number of benzene rings is 1. The Kier molecular flexibility index (Phi) is 3.72. The molecule has 1 aromatic carbocycles. The quantitative estimate of drug-likeness (QED) is 0.830. The molecule has 0 bridgehead atoms. The van der Waals surface area contributed by atoms with Crippen LogP contribution in [0, 0.1) is 5.92 Å². The van der Waals surface area contributed by atoms with Gasteiger partial charge in [0.15, 0.2) is 0 Å². The van der Waals surface area contributed by atoms with Crippen LogP contribution < -0.4 is 0 Å². The molecule has 2 N–H and O–H groups in total. The molecule has 1 heterocycles. The summed E-state index contributed by atoms with van der Waals surface area (Å²) in [6.45, 7) is 1.66. The lowest BCUT2D eigenvalue weighted by molar-refractivity contribution is -0.140. The molecule has 1 atom stereocenters. The van der Waals surface area contributed by atoms with Gasteiger partial charge >= 0.3 is 5.97 Å². The van der Waals surface area contributed by atoms with E-state index in [0.29, 0.717) is 5.75 Å². The standard InChI is InChI=1S/C13H13NO3S/c1-8(13(16)17)7-18-12-11-6-10(15)3-2-9(11)4-5-14-12/h2-6,8,15H,7H2,1H3,(H,16,17). The number of nitrogens with zero attached hydrogens (tertiary/aromatic N) is 1. The molecule has 0 fully saturated rings. The Labute approximate surface area is 109 Å². The van der Waals surface area contributed by atoms with Crippen molar-refractivity contribution in [2.24, 2.45) is 5.92 Å². The van der Waals surface area contributed by atoms with Crippen LogP contribution in [0.15, 0.2) is 35.5 Å². The van der Waals surface area contributed by atoms with Crippen LogP contribution in [0.4, 0.5) is 0 Å². The maximum atomic E-state index is 10.8. The average Bonchev–Trinajstić information content (AvgIpc) is 2.35. The van der Waals surface area contributed by atoms with E-state index in [1.54, 1.807) is 25.3 Å². The summed E-state index contributed by atoms with van der Waals surface area (Å²) in [5, 5.41) is 20.9. The van der Waals surface area contributed by atoms with Gasteiger partial charge in [-0.15, -0.1) is 11.8 Å². The topological polar surface area (TPSA) is 70.4 Å². The second kappa shape index (κ2) is 5.27. The van der Waals surface area contributed by atoms with Gasteiger partial charge in [0.25, 0.3) is 0 Å². The molecular formula is C13H13NO3S. The number of rotatable bonds is 4. The number of hydrogen-bond donors (Lipinski definition) is 2. The molecule has 0 aliphatic heterocycles. The highest BCUT2D eigenvalue weighted by atomic mass is 32.2. The van der Waals surface area contributed by atoms with Crippen molar-refractivity contribution in [3.8, 4) is 5.75 Å². The molecular weight excluding hydrogens is 250 g/mol.